The van der Waals surface area contributed by atoms with Crippen LogP contribution >= 0.6 is 0 Å². The maximum Gasteiger partial charge on any atom is 0.279 e. The normalized spacial score (nSPS) is 19.5. The highest BCUT2D eigenvalue weighted by Gasteiger charge is 2.22. The molecule has 14 heavy (non-hydrogen) atoms. The summed E-state index contributed by atoms with van der Waals surface area (Å²) in [7, 11) is -3.30. The van der Waals surface area contributed by atoms with Gasteiger partial charge in [0.15, 0.2) is 0 Å². The fourth-order valence-corrected chi connectivity index (χ4v) is 2.47. The van der Waals surface area contributed by atoms with Crippen LogP contribution in [0, 0.1) is 0 Å². The van der Waals surface area contributed by atoms with E-state index in [0.29, 0.717) is 32.7 Å². The van der Waals surface area contributed by atoms with Gasteiger partial charge in [-0.25, -0.2) is 0 Å². The molecule has 1 saturated heterocycles. The van der Waals surface area contributed by atoms with Crippen molar-refractivity contribution in [3.63, 3.8) is 0 Å². The molecule has 0 bridgehead atoms. The molecule has 1 rings (SSSR count). The highest BCUT2D eigenvalue weighted by atomic mass is 32.2. The van der Waals surface area contributed by atoms with E-state index in [4.69, 9.17) is 0 Å². The summed E-state index contributed by atoms with van der Waals surface area (Å²) in [5.41, 5.74) is 0.809. The molecule has 82 valence electrons. The van der Waals surface area contributed by atoms with Crippen LogP contribution in [0.1, 0.15) is 6.92 Å². The Labute approximate surface area is 85.4 Å². The van der Waals surface area contributed by atoms with Gasteiger partial charge in [0, 0.05) is 32.7 Å². The fraction of sp³-hybridized carbons (Fsp3) is 0.750. The summed E-state index contributed by atoms with van der Waals surface area (Å²) in [5, 5.41) is 3.10. The van der Waals surface area contributed by atoms with Gasteiger partial charge in [-0.3, -0.25) is 0 Å². The van der Waals surface area contributed by atoms with Crippen molar-refractivity contribution in [2.24, 2.45) is 0 Å². The Kier molecular flexibility index (Phi) is 4.06. The van der Waals surface area contributed by atoms with Crippen LogP contribution in [-0.2, 0) is 10.2 Å². The molecular weight excluding hydrogens is 202 g/mol. The van der Waals surface area contributed by atoms with Gasteiger partial charge >= 0.3 is 0 Å². The van der Waals surface area contributed by atoms with E-state index < -0.39 is 10.2 Å². The van der Waals surface area contributed by atoms with Crippen LogP contribution in [0.4, 0.5) is 0 Å². The molecule has 0 spiro atoms. The van der Waals surface area contributed by atoms with Crippen molar-refractivity contribution in [2.45, 2.75) is 6.92 Å². The molecule has 0 aromatic rings. The quantitative estimate of drug-likeness (QED) is 0.615. The molecule has 1 aliphatic heterocycles. The van der Waals surface area contributed by atoms with Gasteiger partial charge in [0.05, 0.1) is 0 Å². The minimum atomic E-state index is -3.30. The molecule has 0 radical (unpaired) electrons. The zero-order chi connectivity index (χ0) is 10.6. The summed E-state index contributed by atoms with van der Waals surface area (Å²) in [6.07, 6.45) is 0. The molecule has 5 nitrogen and oxygen atoms in total. The van der Waals surface area contributed by atoms with Crippen molar-refractivity contribution in [1.29, 1.82) is 0 Å². The zero-order valence-corrected chi connectivity index (χ0v) is 9.23. The molecular formula is C8H17N3O2S. The van der Waals surface area contributed by atoms with Crippen molar-refractivity contribution >= 4 is 10.2 Å². The fourth-order valence-electron chi connectivity index (χ4n) is 1.19. The molecule has 1 fully saturated rings. The Bertz CT molecular complexity index is 294. The molecule has 0 aromatic carbocycles. The molecule has 6 heteroatoms. The first-order chi connectivity index (χ1) is 6.52. The lowest BCUT2D eigenvalue weighted by Crippen LogP contribution is -2.50. The highest BCUT2D eigenvalue weighted by Crippen LogP contribution is 2.00. The summed E-state index contributed by atoms with van der Waals surface area (Å²) in [6.45, 7) is 8.25. The van der Waals surface area contributed by atoms with Crippen LogP contribution in [0.3, 0.4) is 0 Å². The van der Waals surface area contributed by atoms with E-state index in [-0.39, 0.29) is 0 Å². The maximum absolute atomic E-state index is 11.6. The predicted octanol–water partition coefficient (Wildman–Crippen LogP) is -0.698. The van der Waals surface area contributed by atoms with Crippen LogP contribution in [0.2, 0.25) is 0 Å². The van der Waals surface area contributed by atoms with Gasteiger partial charge in [0.1, 0.15) is 0 Å². The Balaban J connectivity index is 2.50. The lowest BCUT2D eigenvalue weighted by atomic mass is 10.4. The number of hydrogen-bond donors (Lipinski definition) is 2. The highest BCUT2D eigenvalue weighted by molar-refractivity contribution is 7.87. The van der Waals surface area contributed by atoms with Crippen molar-refractivity contribution in [1.82, 2.24) is 14.3 Å². The molecule has 1 heterocycles. The van der Waals surface area contributed by atoms with Crippen LogP contribution < -0.4 is 10.0 Å². The van der Waals surface area contributed by atoms with E-state index in [0.717, 1.165) is 5.57 Å². The number of nitrogens with zero attached hydrogens (tertiary/aromatic N) is 1. The van der Waals surface area contributed by atoms with E-state index in [1.165, 1.54) is 4.31 Å². The van der Waals surface area contributed by atoms with Crippen LogP contribution in [0.5, 0.6) is 0 Å². The molecule has 0 atom stereocenters. The zero-order valence-electron chi connectivity index (χ0n) is 8.41. The molecule has 0 aromatic heterocycles. The third kappa shape index (κ3) is 3.38. The Morgan fingerprint density at radius 2 is 2.07 bits per heavy atom. The topological polar surface area (TPSA) is 61.4 Å². The standard InChI is InChI=1S/C8H17N3O2S/c1-8(2)7-10-14(12,13)11-5-3-9-4-6-11/h9-10H,1,3-7H2,2H3. The second kappa shape index (κ2) is 4.88. The predicted molar refractivity (Wildman–Crippen MR) is 56.2 cm³/mol. The second-order valence-corrected chi connectivity index (χ2v) is 5.19. The molecule has 0 unspecified atom stereocenters. The summed E-state index contributed by atoms with van der Waals surface area (Å²) in [6, 6.07) is 0. The number of piperazine rings is 1. The van der Waals surface area contributed by atoms with E-state index in [2.05, 4.69) is 16.6 Å². The summed E-state index contributed by atoms with van der Waals surface area (Å²) < 4.78 is 27.2. The summed E-state index contributed by atoms with van der Waals surface area (Å²) in [5.74, 6) is 0. The second-order valence-electron chi connectivity index (χ2n) is 3.43. The molecule has 0 saturated carbocycles. The van der Waals surface area contributed by atoms with Crippen LogP contribution in [0.15, 0.2) is 12.2 Å². The van der Waals surface area contributed by atoms with Crippen molar-refractivity contribution < 1.29 is 8.42 Å². The SMILES string of the molecule is C=C(C)CNS(=O)(=O)N1CCNCC1. The average Bonchev–Trinajstić information content (AvgIpc) is 2.16. The maximum atomic E-state index is 11.6. The van der Waals surface area contributed by atoms with Gasteiger partial charge in [-0.05, 0) is 6.92 Å². The monoisotopic (exact) mass is 219 g/mol. The van der Waals surface area contributed by atoms with Crippen LogP contribution in [0.25, 0.3) is 0 Å². The Morgan fingerprint density at radius 3 is 2.57 bits per heavy atom. The van der Waals surface area contributed by atoms with Gasteiger partial charge in [-0.2, -0.15) is 17.4 Å². The Morgan fingerprint density at radius 1 is 1.50 bits per heavy atom. The van der Waals surface area contributed by atoms with Crippen molar-refractivity contribution in [3.05, 3.63) is 12.2 Å². The number of hydrogen-bond acceptors (Lipinski definition) is 3. The average molecular weight is 219 g/mol. The number of nitrogens with one attached hydrogen (secondary N) is 2. The molecule has 2 N–H and O–H groups in total. The van der Waals surface area contributed by atoms with Gasteiger partial charge in [-0.1, -0.05) is 12.2 Å². The molecule has 1 aliphatic rings. The van der Waals surface area contributed by atoms with Gasteiger partial charge < -0.3 is 5.32 Å². The molecule has 0 aliphatic carbocycles. The van der Waals surface area contributed by atoms with Crippen molar-refractivity contribution in [2.75, 3.05) is 32.7 Å². The minimum absolute atomic E-state index is 0.312. The van der Waals surface area contributed by atoms with Crippen LogP contribution in [-0.4, -0.2) is 45.4 Å². The third-order valence-corrected chi connectivity index (χ3v) is 3.53. The first kappa shape index (κ1) is 11.6. The number of rotatable bonds is 4. The van der Waals surface area contributed by atoms with Gasteiger partial charge in [0.25, 0.3) is 10.2 Å². The largest absolute Gasteiger partial charge is 0.314 e. The minimum Gasteiger partial charge on any atom is -0.314 e. The lowest BCUT2D eigenvalue weighted by molar-refractivity contribution is 0.355. The summed E-state index contributed by atoms with van der Waals surface area (Å²) in [4.78, 5) is 0. The smallest absolute Gasteiger partial charge is 0.279 e. The first-order valence-corrected chi connectivity index (χ1v) is 6.06. The van der Waals surface area contributed by atoms with E-state index in [1.807, 2.05) is 0 Å². The van der Waals surface area contributed by atoms with E-state index >= 15 is 0 Å². The Hall–Kier alpha value is -0.430. The third-order valence-electron chi connectivity index (χ3n) is 1.97. The summed E-state index contributed by atoms with van der Waals surface area (Å²) >= 11 is 0. The molecule has 0 amide bonds. The first-order valence-electron chi connectivity index (χ1n) is 4.62. The van der Waals surface area contributed by atoms with Gasteiger partial charge in [-0.15, -0.1) is 0 Å². The lowest BCUT2D eigenvalue weighted by Gasteiger charge is -2.26. The van der Waals surface area contributed by atoms with E-state index in [9.17, 15) is 8.42 Å². The van der Waals surface area contributed by atoms with Gasteiger partial charge in [0.2, 0.25) is 0 Å². The van der Waals surface area contributed by atoms with E-state index in [1.54, 1.807) is 6.92 Å². The van der Waals surface area contributed by atoms with Crippen molar-refractivity contribution in [3.8, 4) is 0 Å².